The summed E-state index contributed by atoms with van der Waals surface area (Å²) in [7, 11) is 0. The van der Waals surface area contributed by atoms with E-state index in [0.717, 1.165) is 29.1 Å². The molecule has 1 aromatic carbocycles. The fourth-order valence-corrected chi connectivity index (χ4v) is 4.84. The standard InChI is InChI=1S/C25H29F2NO4S/c1-17(9-10-18-6-3-2-4-7-18)21(29)13-11-19-16-25(26,27)24(32)28(19)15-5-8-20-12-14-22(33-20)23(30)31/h2-4,6-7,11-14,17,19,21,29H,5,8-10,15-16H2,1H3,(H,30,31)/b13-11+/t17?,19?,21-/m1/s1. The monoisotopic (exact) mass is 477 g/mol. The molecule has 3 atom stereocenters. The molecule has 33 heavy (non-hydrogen) atoms. The molecule has 2 unspecified atom stereocenters. The highest BCUT2D eigenvalue weighted by molar-refractivity contribution is 7.13. The summed E-state index contributed by atoms with van der Waals surface area (Å²) in [6.45, 7) is 2.06. The molecular weight excluding hydrogens is 448 g/mol. The SMILES string of the molecule is CC(CCc1ccccc1)[C@H](O)/C=C/C1CC(F)(F)C(=O)N1CCCc1ccc(C(=O)O)s1. The van der Waals surface area contributed by atoms with Crippen molar-refractivity contribution in [1.29, 1.82) is 0 Å². The lowest BCUT2D eigenvalue weighted by molar-refractivity contribution is -0.148. The number of benzene rings is 1. The maximum Gasteiger partial charge on any atom is 0.345 e. The van der Waals surface area contributed by atoms with Gasteiger partial charge in [0.05, 0.1) is 12.1 Å². The number of aliphatic hydroxyl groups excluding tert-OH is 1. The van der Waals surface area contributed by atoms with Crippen molar-refractivity contribution < 1.29 is 28.6 Å². The van der Waals surface area contributed by atoms with Gasteiger partial charge in [-0.05, 0) is 49.3 Å². The van der Waals surface area contributed by atoms with Gasteiger partial charge in [0.15, 0.2) is 0 Å². The van der Waals surface area contributed by atoms with Gasteiger partial charge in [-0.2, -0.15) is 8.78 Å². The molecule has 0 aliphatic carbocycles. The van der Waals surface area contributed by atoms with E-state index in [-0.39, 0.29) is 17.3 Å². The van der Waals surface area contributed by atoms with Gasteiger partial charge in [0.25, 0.3) is 5.91 Å². The van der Waals surface area contributed by atoms with Crippen molar-refractivity contribution in [1.82, 2.24) is 4.90 Å². The Hall–Kier alpha value is -2.58. The molecule has 2 N–H and O–H groups in total. The lowest BCUT2D eigenvalue weighted by atomic mass is 9.95. The van der Waals surface area contributed by atoms with Gasteiger partial charge < -0.3 is 15.1 Å². The molecule has 0 radical (unpaired) electrons. The smallest absolute Gasteiger partial charge is 0.345 e. The Balaban J connectivity index is 1.55. The normalized spacial score (nSPS) is 19.8. The summed E-state index contributed by atoms with van der Waals surface area (Å²) >= 11 is 1.15. The van der Waals surface area contributed by atoms with Crippen molar-refractivity contribution >= 4 is 23.2 Å². The number of carboxylic acid groups (broad SMARTS) is 1. The molecule has 5 nitrogen and oxygen atoms in total. The summed E-state index contributed by atoms with van der Waals surface area (Å²) in [5.41, 5.74) is 1.17. The number of nitrogens with zero attached hydrogens (tertiary/aromatic N) is 1. The van der Waals surface area contributed by atoms with Crippen LogP contribution >= 0.6 is 11.3 Å². The number of carbonyl (C=O) groups excluding carboxylic acids is 1. The molecule has 1 aliphatic heterocycles. The van der Waals surface area contributed by atoms with Crippen LogP contribution < -0.4 is 0 Å². The van der Waals surface area contributed by atoms with E-state index in [1.54, 1.807) is 6.07 Å². The van der Waals surface area contributed by atoms with E-state index in [1.165, 1.54) is 28.7 Å². The minimum absolute atomic E-state index is 0.0604. The van der Waals surface area contributed by atoms with Crippen molar-refractivity contribution in [3.05, 3.63) is 69.9 Å². The number of thiophene rings is 1. The largest absolute Gasteiger partial charge is 0.477 e. The van der Waals surface area contributed by atoms with Crippen LogP contribution in [0.3, 0.4) is 0 Å². The maximum absolute atomic E-state index is 14.1. The van der Waals surface area contributed by atoms with Gasteiger partial charge in [0, 0.05) is 17.8 Å². The first-order valence-electron chi connectivity index (χ1n) is 11.1. The number of aromatic carboxylic acids is 1. The van der Waals surface area contributed by atoms with Crippen LogP contribution in [0.5, 0.6) is 0 Å². The second-order valence-corrected chi connectivity index (χ2v) is 9.69. The third kappa shape index (κ3) is 6.71. The first kappa shape index (κ1) is 25.1. The molecular formula is C25H29F2NO4S. The number of aryl methyl sites for hydroxylation is 2. The Morgan fingerprint density at radius 1 is 1.24 bits per heavy atom. The summed E-state index contributed by atoms with van der Waals surface area (Å²) < 4.78 is 28.2. The number of halogens is 2. The van der Waals surface area contributed by atoms with Gasteiger partial charge >= 0.3 is 11.9 Å². The number of likely N-dealkylation sites (tertiary alicyclic amines) is 1. The van der Waals surface area contributed by atoms with Crippen LogP contribution in [0.15, 0.2) is 54.6 Å². The molecule has 1 aliphatic rings. The quantitative estimate of drug-likeness (QED) is 0.456. The van der Waals surface area contributed by atoms with Gasteiger partial charge in [-0.3, -0.25) is 4.79 Å². The van der Waals surface area contributed by atoms with Crippen molar-refractivity contribution in [2.24, 2.45) is 5.92 Å². The fourth-order valence-electron chi connectivity index (χ4n) is 3.95. The average molecular weight is 478 g/mol. The Kier molecular flexibility index (Phi) is 8.37. The molecule has 0 bridgehead atoms. The fraction of sp³-hybridized carbons (Fsp3) is 0.440. The molecule has 2 aromatic rings. The molecule has 3 rings (SSSR count). The summed E-state index contributed by atoms with van der Waals surface area (Å²) in [6, 6.07) is 12.4. The lowest BCUT2D eigenvalue weighted by Crippen LogP contribution is -2.36. The maximum atomic E-state index is 14.1. The van der Waals surface area contributed by atoms with E-state index in [1.807, 2.05) is 37.3 Å². The van der Waals surface area contributed by atoms with Crippen LogP contribution in [0.25, 0.3) is 0 Å². The molecule has 1 saturated heterocycles. The van der Waals surface area contributed by atoms with Crippen LogP contribution in [0.4, 0.5) is 8.78 Å². The van der Waals surface area contributed by atoms with Crippen molar-refractivity contribution in [3.63, 3.8) is 0 Å². The zero-order chi connectivity index (χ0) is 24.0. The number of hydrogen-bond donors (Lipinski definition) is 2. The van der Waals surface area contributed by atoms with E-state index < -0.39 is 36.4 Å². The predicted octanol–water partition coefficient (Wildman–Crippen LogP) is 4.80. The molecule has 2 heterocycles. The first-order valence-corrected chi connectivity index (χ1v) is 11.9. The summed E-state index contributed by atoms with van der Waals surface area (Å²) in [5, 5.41) is 19.5. The van der Waals surface area contributed by atoms with Gasteiger partial charge in [-0.15, -0.1) is 11.3 Å². The number of carboxylic acids is 1. The number of alkyl halides is 2. The van der Waals surface area contributed by atoms with Gasteiger partial charge in [-0.25, -0.2) is 4.79 Å². The number of carbonyl (C=O) groups is 2. The van der Waals surface area contributed by atoms with Gasteiger partial charge in [-0.1, -0.05) is 49.4 Å². The summed E-state index contributed by atoms with van der Waals surface area (Å²) in [6.07, 6.45) is 4.17. The third-order valence-corrected chi connectivity index (χ3v) is 7.11. The van der Waals surface area contributed by atoms with Crippen molar-refractivity contribution in [3.8, 4) is 0 Å². The highest BCUT2D eigenvalue weighted by Gasteiger charge is 2.52. The predicted molar refractivity (Wildman–Crippen MR) is 124 cm³/mol. The highest BCUT2D eigenvalue weighted by Crippen LogP contribution is 2.34. The molecule has 0 spiro atoms. The summed E-state index contributed by atoms with van der Waals surface area (Å²) in [4.78, 5) is 25.4. The first-order chi connectivity index (χ1) is 15.7. The van der Waals surface area contributed by atoms with Crippen LogP contribution in [0.1, 0.15) is 46.3 Å². The van der Waals surface area contributed by atoms with E-state index in [9.17, 15) is 23.5 Å². The lowest BCUT2D eigenvalue weighted by Gasteiger charge is -2.22. The number of hydrogen-bond acceptors (Lipinski definition) is 4. The van der Waals surface area contributed by atoms with Crippen molar-refractivity contribution in [2.45, 2.75) is 57.1 Å². The van der Waals surface area contributed by atoms with Crippen LogP contribution in [-0.4, -0.2) is 51.6 Å². The Labute approximate surface area is 196 Å². The van der Waals surface area contributed by atoms with Crippen molar-refractivity contribution in [2.75, 3.05) is 6.54 Å². The molecule has 1 amide bonds. The molecule has 8 heteroatoms. The highest BCUT2D eigenvalue weighted by atomic mass is 32.1. The number of aliphatic hydroxyl groups is 1. The Morgan fingerprint density at radius 2 is 1.97 bits per heavy atom. The van der Waals surface area contributed by atoms with E-state index in [0.29, 0.717) is 12.8 Å². The molecule has 178 valence electrons. The zero-order valence-electron chi connectivity index (χ0n) is 18.5. The zero-order valence-corrected chi connectivity index (χ0v) is 19.3. The van der Waals surface area contributed by atoms with Crippen LogP contribution in [-0.2, 0) is 17.6 Å². The number of amides is 1. The minimum atomic E-state index is -3.42. The average Bonchev–Trinajstić information content (AvgIpc) is 3.35. The van der Waals surface area contributed by atoms with E-state index in [2.05, 4.69) is 0 Å². The Bertz CT molecular complexity index is 976. The minimum Gasteiger partial charge on any atom is -0.477 e. The molecule has 0 saturated carbocycles. The molecule has 1 fully saturated rings. The van der Waals surface area contributed by atoms with Gasteiger partial charge in [0.2, 0.25) is 0 Å². The third-order valence-electron chi connectivity index (χ3n) is 5.98. The second-order valence-electron chi connectivity index (χ2n) is 8.53. The van der Waals surface area contributed by atoms with E-state index >= 15 is 0 Å². The van der Waals surface area contributed by atoms with E-state index in [4.69, 9.17) is 5.11 Å². The van der Waals surface area contributed by atoms with Gasteiger partial charge in [0.1, 0.15) is 4.88 Å². The topological polar surface area (TPSA) is 77.8 Å². The summed E-state index contributed by atoms with van der Waals surface area (Å²) in [5.74, 6) is -5.67. The second kappa shape index (κ2) is 11.0. The number of rotatable bonds is 11. The van der Waals surface area contributed by atoms with Crippen LogP contribution in [0.2, 0.25) is 0 Å². The molecule has 1 aromatic heterocycles. The Morgan fingerprint density at radius 3 is 2.64 bits per heavy atom. The van der Waals surface area contributed by atoms with Crippen LogP contribution in [0, 0.1) is 5.92 Å².